The number of hydrogen-bond acceptors (Lipinski definition) is 2. The van der Waals surface area contributed by atoms with Gasteiger partial charge in [0, 0.05) is 23.3 Å². The molecule has 3 heteroatoms. The van der Waals surface area contributed by atoms with Crippen LogP contribution in [0, 0.1) is 13.8 Å². The number of imidazole rings is 1. The minimum Gasteiger partial charge on any atom is -0.303 e. The van der Waals surface area contributed by atoms with Crippen molar-refractivity contribution >= 4 is 27.1 Å². The van der Waals surface area contributed by atoms with Gasteiger partial charge in [0.15, 0.2) is 0 Å². The molecular formula is C22H17N3. The third kappa shape index (κ3) is 2.13. The number of aryl methyl sites for hydroxylation is 2. The second kappa shape index (κ2) is 5.15. The number of pyridine rings is 2. The van der Waals surface area contributed by atoms with E-state index >= 15 is 0 Å². The standard InChI is InChI=1S/C22H17N3/c1-14-21-12-19-11-17(7-8-18(19)13-25(21)15(2)24-14)22-20-6-4-3-5-16(20)9-10-23-22/h3-13H,1-2H3. The van der Waals surface area contributed by atoms with Gasteiger partial charge in [-0.15, -0.1) is 0 Å². The van der Waals surface area contributed by atoms with E-state index in [1.54, 1.807) is 0 Å². The number of fused-ring (bicyclic) bond motifs is 3. The van der Waals surface area contributed by atoms with Crippen molar-refractivity contribution in [3.8, 4) is 11.3 Å². The number of benzene rings is 2. The fourth-order valence-corrected chi connectivity index (χ4v) is 3.64. The van der Waals surface area contributed by atoms with Crippen LogP contribution in [0.5, 0.6) is 0 Å². The van der Waals surface area contributed by atoms with Crippen molar-refractivity contribution in [2.24, 2.45) is 0 Å². The average Bonchev–Trinajstić information content (AvgIpc) is 2.92. The molecule has 0 spiro atoms. The molecule has 3 aromatic heterocycles. The van der Waals surface area contributed by atoms with E-state index in [0.717, 1.165) is 28.3 Å². The highest BCUT2D eigenvalue weighted by molar-refractivity contribution is 5.97. The number of rotatable bonds is 1. The van der Waals surface area contributed by atoms with Crippen molar-refractivity contribution in [1.29, 1.82) is 0 Å². The molecule has 0 aliphatic rings. The van der Waals surface area contributed by atoms with Crippen molar-refractivity contribution in [3.05, 3.63) is 78.5 Å². The highest BCUT2D eigenvalue weighted by Crippen LogP contribution is 2.30. The van der Waals surface area contributed by atoms with Gasteiger partial charge in [0.1, 0.15) is 5.82 Å². The van der Waals surface area contributed by atoms with E-state index in [1.165, 1.54) is 21.5 Å². The molecule has 0 saturated heterocycles. The van der Waals surface area contributed by atoms with Gasteiger partial charge in [-0.3, -0.25) is 4.98 Å². The lowest BCUT2D eigenvalue weighted by molar-refractivity contribution is 1.05. The molecule has 0 amide bonds. The molecule has 25 heavy (non-hydrogen) atoms. The monoisotopic (exact) mass is 323 g/mol. The molecule has 2 aromatic carbocycles. The quantitative estimate of drug-likeness (QED) is 0.418. The lowest BCUT2D eigenvalue weighted by Crippen LogP contribution is -1.90. The highest BCUT2D eigenvalue weighted by atomic mass is 15.0. The summed E-state index contributed by atoms with van der Waals surface area (Å²) in [5, 5.41) is 4.81. The van der Waals surface area contributed by atoms with Crippen LogP contribution in [0.25, 0.3) is 38.3 Å². The Morgan fingerprint density at radius 3 is 2.64 bits per heavy atom. The Balaban J connectivity index is 1.79. The zero-order valence-electron chi connectivity index (χ0n) is 14.2. The lowest BCUT2D eigenvalue weighted by Gasteiger charge is -2.08. The van der Waals surface area contributed by atoms with Crippen molar-refractivity contribution < 1.29 is 0 Å². The lowest BCUT2D eigenvalue weighted by atomic mass is 10.0. The summed E-state index contributed by atoms with van der Waals surface area (Å²) >= 11 is 0. The van der Waals surface area contributed by atoms with Crippen LogP contribution in [0.4, 0.5) is 0 Å². The third-order valence-corrected chi connectivity index (χ3v) is 4.90. The second-order valence-electron chi connectivity index (χ2n) is 6.50. The van der Waals surface area contributed by atoms with Crippen LogP contribution in [-0.2, 0) is 0 Å². The normalized spacial score (nSPS) is 11.6. The van der Waals surface area contributed by atoms with Crippen molar-refractivity contribution in [2.75, 3.05) is 0 Å². The first kappa shape index (κ1) is 14.2. The van der Waals surface area contributed by atoms with E-state index in [4.69, 9.17) is 0 Å². The zero-order valence-corrected chi connectivity index (χ0v) is 14.2. The van der Waals surface area contributed by atoms with E-state index in [-0.39, 0.29) is 0 Å². The van der Waals surface area contributed by atoms with Crippen LogP contribution in [0.3, 0.4) is 0 Å². The summed E-state index contributed by atoms with van der Waals surface area (Å²) in [4.78, 5) is 9.24. The minimum atomic E-state index is 1.02. The molecule has 0 fully saturated rings. The molecule has 0 saturated carbocycles. The fourth-order valence-electron chi connectivity index (χ4n) is 3.64. The Kier molecular flexibility index (Phi) is 2.92. The van der Waals surface area contributed by atoms with Gasteiger partial charge in [0.05, 0.1) is 16.9 Å². The largest absolute Gasteiger partial charge is 0.303 e. The van der Waals surface area contributed by atoms with E-state index in [1.807, 2.05) is 13.1 Å². The smallest absolute Gasteiger partial charge is 0.110 e. The summed E-state index contributed by atoms with van der Waals surface area (Å²) in [6.45, 7) is 4.10. The van der Waals surface area contributed by atoms with Gasteiger partial charge < -0.3 is 4.40 Å². The molecule has 0 aliphatic carbocycles. The van der Waals surface area contributed by atoms with E-state index in [0.29, 0.717) is 0 Å². The Morgan fingerprint density at radius 2 is 1.72 bits per heavy atom. The molecule has 0 aliphatic heterocycles. The molecule has 0 N–H and O–H groups in total. The molecule has 0 bridgehead atoms. The van der Waals surface area contributed by atoms with E-state index < -0.39 is 0 Å². The van der Waals surface area contributed by atoms with Crippen LogP contribution in [-0.4, -0.2) is 14.4 Å². The van der Waals surface area contributed by atoms with Gasteiger partial charge >= 0.3 is 0 Å². The van der Waals surface area contributed by atoms with Crippen LogP contribution in [0.15, 0.2) is 67.0 Å². The van der Waals surface area contributed by atoms with Gasteiger partial charge in [-0.25, -0.2) is 4.98 Å². The Hall–Kier alpha value is -3.20. The van der Waals surface area contributed by atoms with Gasteiger partial charge in [0.2, 0.25) is 0 Å². The van der Waals surface area contributed by atoms with E-state index in [9.17, 15) is 0 Å². The van der Waals surface area contributed by atoms with Crippen LogP contribution in [0.1, 0.15) is 11.5 Å². The Morgan fingerprint density at radius 1 is 0.840 bits per heavy atom. The summed E-state index contributed by atoms with van der Waals surface area (Å²) < 4.78 is 2.16. The first-order valence-corrected chi connectivity index (χ1v) is 8.44. The predicted molar refractivity (Wildman–Crippen MR) is 103 cm³/mol. The van der Waals surface area contributed by atoms with Crippen molar-refractivity contribution in [3.63, 3.8) is 0 Å². The number of hydrogen-bond donors (Lipinski definition) is 0. The molecule has 0 unspecified atom stereocenters. The molecule has 0 atom stereocenters. The summed E-state index contributed by atoms with van der Waals surface area (Å²) in [7, 11) is 0. The first-order valence-electron chi connectivity index (χ1n) is 8.44. The zero-order chi connectivity index (χ0) is 17.0. The SMILES string of the molecule is Cc1nc(C)n2cc3ccc(-c4nccc5ccccc45)cc3cc12. The maximum absolute atomic E-state index is 4.65. The van der Waals surface area contributed by atoms with Gasteiger partial charge in [-0.05, 0) is 48.2 Å². The number of aromatic nitrogens is 3. The molecule has 0 radical (unpaired) electrons. The molecular weight excluding hydrogens is 306 g/mol. The van der Waals surface area contributed by atoms with Crippen molar-refractivity contribution in [2.45, 2.75) is 13.8 Å². The van der Waals surface area contributed by atoms with Crippen molar-refractivity contribution in [1.82, 2.24) is 14.4 Å². The van der Waals surface area contributed by atoms with Crippen LogP contribution in [0.2, 0.25) is 0 Å². The topological polar surface area (TPSA) is 30.2 Å². The Bertz CT molecular complexity index is 1260. The molecule has 120 valence electrons. The predicted octanol–water partition coefficient (Wildman–Crippen LogP) is 5.32. The van der Waals surface area contributed by atoms with Crippen LogP contribution >= 0.6 is 0 Å². The summed E-state index contributed by atoms with van der Waals surface area (Å²) in [6, 6.07) is 19.2. The van der Waals surface area contributed by atoms with Crippen LogP contribution < -0.4 is 0 Å². The maximum Gasteiger partial charge on any atom is 0.110 e. The molecule has 3 heterocycles. The fraction of sp³-hybridized carbons (Fsp3) is 0.0909. The highest BCUT2D eigenvalue weighted by Gasteiger charge is 2.09. The van der Waals surface area contributed by atoms with Gasteiger partial charge in [-0.2, -0.15) is 0 Å². The second-order valence-corrected chi connectivity index (χ2v) is 6.50. The molecule has 5 aromatic rings. The third-order valence-electron chi connectivity index (χ3n) is 4.90. The average molecular weight is 323 g/mol. The maximum atomic E-state index is 4.65. The summed E-state index contributed by atoms with van der Waals surface area (Å²) in [5.74, 6) is 1.02. The minimum absolute atomic E-state index is 1.02. The van der Waals surface area contributed by atoms with E-state index in [2.05, 4.69) is 82.1 Å². The van der Waals surface area contributed by atoms with Gasteiger partial charge in [0.25, 0.3) is 0 Å². The summed E-state index contributed by atoms with van der Waals surface area (Å²) in [5.41, 5.74) is 4.39. The molecule has 3 nitrogen and oxygen atoms in total. The Labute approximate surface area is 145 Å². The molecule has 5 rings (SSSR count). The number of nitrogens with zero attached hydrogens (tertiary/aromatic N) is 3. The first-order chi connectivity index (χ1) is 12.2. The van der Waals surface area contributed by atoms with Gasteiger partial charge in [-0.1, -0.05) is 36.4 Å². The summed E-state index contributed by atoms with van der Waals surface area (Å²) in [6.07, 6.45) is 4.05.